The Labute approximate surface area is 93.4 Å². The van der Waals surface area contributed by atoms with Crippen molar-refractivity contribution < 1.29 is 13.9 Å². The van der Waals surface area contributed by atoms with Crippen molar-refractivity contribution in [3.8, 4) is 0 Å². The number of nitrogens with one attached hydrogen (secondary N) is 1. The topological polar surface area (TPSA) is 77.2 Å². The molecule has 2 rings (SSSR count). The van der Waals surface area contributed by atoms with Gasteiger partial charge in [-0.15, -0.1) is 10.2 Å². The van der Waals surface area contributed by atoms with Crippen molar-refractivity contribution in [3.63, 3.8) is 0 Å². The fourth-order valence-electron chi connectivity index (χ4n) is 1.89. The largest absolute Gasteiger partial charge is 0.469 e. The fraction of sp³-hybridized carbons (Fsp3) is 0.700. The van der Waals surface area contributed by atoms with E-state index in [-0.39, 0.29) is 17.9 Å². The highest BCUT2D eigenvalue weighted by Gasteiger charge is 2.29. The molecule has 1 N–H and O–H groups in total. The van der Waals surface area contributed by atoms with Gasteiger partial charge in [0, 0.05) is 13.5 Å². The van der Waals surface area contributed by atoms with E-state index in [1.54, 1.807) is 6.92 Å². The standard InChI is InChI=1S/C10H15N3O3/c1-6-12-13-9(16-6)8-4-3-7(5-11-8)10(14)15-2/h7-8,11H,3-5H2,1-2H3/t7-,8+/m0/s1. The van der Waals surface area contributed by atoms with E-state index in [0.29, 0.717) is 18.3 Å². The monoisotopic (exact) mass is 225 g/mol. The van der Waals surface area contributed by atoms with Crippen LogP contribution < -0.4 is 5.32 Å². The van der Waals surface area contributed by atoms with Gasteiger partial charge in [0.15, 0.2) is 0 Å². The normalized spacial score (nSPS) is 25.4. The number of piperidine rings is 1. The molecule has 1 saturated heterocycles. The second-order valence-corrected chi connectivity index (χ2v) is 3.92. The van der Waals surface area contributed by atoms with Crippen LogP contribution in [0.4, 0.5) is 0 Å². The molecule has 2 heterocycles. The minimum absolute atomic E-state index is 0.0575. The van der Waals surface area contributed by atoms with Crippen LogP contribution in [0.3, 0.4) is 0 Å². The van der Waals surface area contributed by atoms with Crippen LogP contribution in [0.25, 0.3) is 0 Å². The molecule has 0 aliphatic carbocycles. The summed E-state index contributed by atoms with van der Waals surface area (Å²) in [6.45, 7) is 2.36. The van der Waals surface area contributed by atoms with Gasteiger partial charge in [-0.1, -0.05) is 0 Å². The Morgan fingerprint density at radius 2 is 2.31 bits per heavy atom. The van der Waals surface area contributed by atoms with Gasteiger partial charge < -0.3 is 14.5 Å². The van der Waals surface area contributed by atoms with Crippen molar-refractivity contribution in [2.45, 2.75) is 25.8 Å². The maximum absolute atomic E-state index is 11.3. The third kappa shape index (κ3) is 2.21. The lowest BCUT2D eigenvalue weighted by molar-refractivity contribution is -0.146. The zero-order chi connectivity index (χ0) is 11.5. The second-order valence-electron chi connectivity index (χ2n) is 3.92. The van der Waals surface area contributed by atoms with E-state index < -0.39 is 0 Å². The molecule has 1 aromatic heterocycles. The summed E-state index contributed by atoms with van der Waals surface area (Å²) in [5, 5.41) is 11.0. The summed E-state index contributed by atoms with van der Waals surface area (Å²) in [6.07, 6.45) is 1.59. The first-order chi connectivity index (χ1) is 7.70. The molecule has 6 nitrogen and oxygen atoms in total. The molecule has 2 atom stereocenters. The highest BCUT2D eigenvalue weighted by Crippen LogP contribution is 2.25. The Bertz CT molecular complexity index is 369. The first kappa shape index (κ1) is 11.1. The third-order valence-electron chi connectivity index (χ3n) is 2.79. The second kappa shape index (κ2) is 4.61. The predicted molar refractivity (Wildman–Crippen MR) is 54.5 cm³/mol. The number of hydrogen-bond donors (Lipinski definition) is 1. The highest BCUT2D eigenvalue weighted by atomic mass is 16.5. The van der Waals surface area contributed by atoms with Gasteiger partial charge in [-0.25, -0.2) is 0 Å². The molecule has 0 bridgehead atoms. The molecule has 0 unspecified atom stereocenters. The number of aromatic nitrogens is 2. The molecule has 0 spiro atoms. The summed E-state index contributed by atoms with van der Waals surface area (Å²) in [5.41, 5.74) is 0. The molecule has 16 heavy (non-hydrogen) atoms. The lowest BCUT2D eigenvalue weighted by Crippen LogP contribution is -2.37. The Kier molecular flexibility index (Phi) is 3.19. The van der Waals surface area contributed by atoms with Crippen LogP contribution in [-0.2, 0) is 9.53 Å². The Morgan fingerprint density at radius 3 is 2.81 bits per heavy atom. The van der Waals surface area contributed by atoms with E-state index in [1.807, 2.05) is 0 Å². The summed E-state index contributed by atoms with van der Waals surface area (Å²) in [6, 6.07) is 0.0575. The molecule has 1 aromatic rings. The van der Waals surface area contributed by atoms with Gasteiger partial charge in [-0.3, -0.25) is 4.79 Å². The van der Waals surface area contributed by atoms with Crippen LogP contribution in [0.1, 0.15) is 30.7 Å². The van der Waals surface area contributed by atoms with E-state index >= 15 is 0 Å². The van der Waals surface area contributed by atoms with Crippen LogP contribution in [0.2, 0.25) is 0 Å². The molecular weight excluding hydrogens is 210 g/mol. The number of carbonyl (C=O) groups is 1. The predicted octanol–water partition coefficient (Wildman–Crippen LogP) is 0.592. The van der Waals surface area contributed by atoms with Gasteiger partial charge in [0.05, 0.1) is 19.1 Å². The third-order valence-corrected chi connectivity index (χ3v) is 2.79. The lowest BCUT2D eigenvalue weighted by atomic mass is 9.95. The Hall–Kier alpha value is -1.43. The number of nitrogens with zero attached hydrogens (tertiary/aromatic N) is 2. The van der Waals surface area contributed by atoms with E-state index in [1.165, 1.54) is 7.11 Å². The average molecular weight is 225 g/mol. The number of ether oxygens (including phenoxy) is 1. The van der Waals surface area contributed by atoms with Crippen LogP contribution >= 0.6 is 0 Å². The van der Waals surface area contributed by atoms with Crippen LogP contribution in [0.15, 0.2) is 4.42 Å². The van der Waals surface area contributed by atoms with Gasteiger partial charge in [0.1, 0.15) is 0 Å². The van der Waals surface area contributed by atoms with E-state index in [0.717, 1.165) is 12.8 Å². The maximum atomic E-state index is 11.3. The zero-order valence-electron chi connectivity index (χ0n) is 9.40. The Balaban J connectivity index is 1.92. The number of aryl methyl sites for hydroxylation is 1. The number of carbonyl (C=O) groups excluding carboxylic acids is 1. The molecule has 0 saturated carbocycles. The summed E-state index contributed by atoms with van der Waals surface area (Å²) in [7, 11) is 1.41. The van der Waals surface area contributed by atoms with Crippen molar-refractivity contribution in [2.24, 2.45) is 5.92 Å². The number of methoxy groups -OCH3 is 1. The first-order valence-electron chi connectivity index (χ1n) is 5.32. The van der Waals surface area contributed by atoms with Crippen molar-refractivity contribution in [1.82, 2.24) is 15.5 Å². The highest BCUT2D eigenvalue weighted by molar-refractivity contribution is 5.72. The molecule has 6 heteroatoms. The fourth-order valence-corrected chi connectivity index (χ4v) is 1.89. The summed E-state index contributed by atoms with van der Waals surface area (Å²) < 4.78 is 10.0. The van der Waals surface area contributed by atoms with Crippen LogP contribution in [0.5, 0.6) is 0 Å². The van der Waals surface area contributed by atoms with E-state index in [4.69, 9.17) is 9.15 Å². The molecule has 88 valence electrons. The van der Waals surface area contributed by atoms with Gasteiger partial charge in [-0.05, 0) is 12.8 Å². The molecule has 0 aromatic carbocycles. The smallest absolute Gasteiger partial charge is 0.309 e. The lowest BCUT2D eigenvalue weighted by Gasteiger charge is -2.25. The van der Waals surface area contributed by atoms with Gasteiger partial charge in [0.2, 0.25) is 11.8 Å². The number of rotatable bonds is 2. The SMILES string of the molecule is COC(=O)[C@H]1CC[C@H](c2nnc(C)o2)NC1. The first-order valence-corrected chi connectivity index (χ1v) is 5.32. The molecule has 1 aliphatic heterocycles. The van der Waals surface area contributed by atoms with Crippen molar-refractivity contribution >= 4 is 5.97 Å². The summed E-state index contributed by atoms with van der Waals surface area (Å²) in [5.74, 6) is 0.936. The zero-order valence-corrected chi connectivity index (χ0v) is 9.40. The number of hydrogen-bond acceptors (Lipinski definition) is 6. The van der Waals surface area contributed by atoms with Gasteiger partial charge >= 0.3 is 5.97 Å². The van der Waals surface area contributed by atoms with Gasteiger partial charge in [-0.2, -0.15) is 0 Å². The van der Waals surface area contributed by atoms with Crippen LogP contribution in [0, 0.1) is 12.8 Å². The van der Waals surface area contributed by atoms with Crippen molar-refractivity contribution in [2.75, 3.05) is 13.7 Å². The van der Waals surface area contributed by atoms with Gasteiger partial charge in [0.25, 0.3) is 0 Å². The number of esters is 1. The minimum atomic E-state index is -0.160. The van der Waals surface area contributed by atoms with E-state index in [2.05, 4.69) is 15.5 Å². The summed E-state index contributed by atoms with van der Waals surface area (Å²) in [4.78, 5) is 11.3. The summed E-state index contributed by atoms with van der Waals surface area (Å²) >= 11 is 0. The minimum Gasteiger partial charge on any atom is -0.469 e. The van der Waals surface area contributed by atoms with E-state index in [9.17, 15) is 4.79 Å². The molecule has 1 fully saturated rings. The van der Waals surface area contributed by atoms with Crippen molar-refractivity contribution in [1.29, 1.82) is 0 Å². The average Bonchev–Trinajstić information content (AvgIpc) is 2.75. The van der Waals surface area contributed by atoms with Crippen LogP contribution in [-0.4, -0.2) is 29.8 Å². The molecule has 1 aliphatic rings. The Morgan fingerprint density at radius 1 is 1.50 bits per heavy atom. The molecular formula is C10H15N3O3. The quantitative estimate of drug-likeness (QED) is 0.742. The molecule has 0 amide bonds. The molecule has 0 radical (unpaired) electrons. The maximum Gasteiger partial charge on any atom is 0.309 e. The van der Waals surface area contributed by atoms with Crippen molar-refractivity contribution in [3.05, 3.63) is 11.8 Å².